The van der Waals surface area contributed by atoms with Crippen molar-refractivity contribution in [3.8, 4) is 11.1 Å². The van der Waals surface area contributed by atoms with E-state index in [1.54, 1.807) is 0 Å². The summed E-state index contributed by atoms with van der Waals surface area (Å²) in [5, 5.41) is 2.54. The number of aryl methyl sites for hydroxylation is 1. The summed E-state index contributed by atoms with van der Waals surface area (Å²) in [5.41, 5.74) is 11.8. The standard InChI is InChI=1S/C39H39N/c1-7-11-16-28(6)39(38-17-12-13-24-40-38)36(15-9-3)32(10-4)35-23-21-30(26-37(35)39)29-20-22-34-31(25-29)19-18-27(5)33(34)14-8-2/h7-12,14-23,25-26H,4,13,24H2,1-3,5-6H3/b11-7-,14-8-,15-9-,28-16+. The summed E-state index contributed by atoms with van der Waals surface area (Å²) in [5.74, 6) is 0. The van der Waals surface area contributed by atoms with Crippen LogP contribution in [-0.4, -0.2) is 12.3 Å². The lowest BCUT2D eigenvalue weighted by atomic mass is 9.66. The third-order valence-corrected chi connectivity index (χ3v) is 8.26. The molecule has 200 valence electrons. The van der Waals surface area contributed by atoms with Gasteiger partial charge in [-0.15, -0.1) is 0 Å². The number of hydrogen-bond acceptors (Lipinski definition) is 1. The smallest absolute Gasteiger partial charge is 0.0841 e. The SMILES string of the molecule is C=CC1=C(/C=C\C)C(C2=NCCC=C2)(/C(C)=C/C=C\C)c2cc(-c3ccc4c(/C=C\C)c(C)ccc4c3)ccc21. The van der Waals surface area contributed by atoms with Crippen molar-refractivity contribution in [1.29, 1.82) is 0 Å². The zero-order valence-corrected chi connectivity index (χ0v) is 24.5. The first-order chi connectivity index (χ1) is 19.5. The Hall–Kier alpha value is -4.23. The summed E-state index contributed by atoms with van der Waals surface area (Å²) in [4.78, 5) is 5.15. The highest BCUT2D eigenvalue weighted by Gasteiger charge is 2.48. The minimum absolute atomic E-state index is 0.481. The van der Waals surface area contributed by atoms with Crippen molar-refractivity contribution in [3.63, 3.8) is 0 Å². The molecule has 0 saturated carbocycles. The van der Waals surface area contributed by atoms with Crippen LogP contribution in [0.25, 0.3) is 33.5 Å². The number of benzene rings is 3. The predicted molar refractivity (Wildman–Crippen MR) is 177 cm³/mol. The third kappa shape index (κ3) is 4.40. The van der Waals surface area contributed by atoms with E-state index < -0.39 is 5.41 Å². The summed E-state index contributed by atoms with van der Waals surface area (Å²) in [6.45, 7) is 15.7. The Morgan fingerprint density at radius 2 is 1.70 bits per heavy atom. The van der Waals surface area contributed by atoms with E-state index in [0.717, 1.165) is 18.7 Å². The molecule has 1 atom stereocenters. The monoisotopic (exact) mass is 521 g/mol. The Bertz CT molecular complexity index is 1700. The van der Waals surface area contributed by atoms with E-state index in [1.807, 2.05) is 6.08 Å². The Morgan fingerprint density at radius 3 is 2.40 bits per heavy atom. The molecule has 1 heterocycles. The molecule has 0 radical (unpaired) electrons. The molecule has 0 saturated heterocycles. The van der Waals surface area contributed by atoms with Gasteiger partial charge in [-0.2, -0.15) is 0 Å². The second-order valence-electron chi connectivity index (χ2n) is 10.6. The van der Waals surface area contributed by atoms with Crippen molar-refractivity contribution < 1.29 is 0 Å². The van der Waals surface area contributed by atoms with Gasteiger partial charge in [0.1, 0.15) is 0 Å². The molecule has 0 spiro atoms. The van der Waals surface area contributed by atoms with Gasteiger partial charge in [0.05, 0.1) is 11.1 Å². The van der Waals surface area contributed by atoms with Gasteiger partial charge in [0.2, 0.25) is 0 Å². The number of rotatable bonds is 7. The maximum absolute atomic E-state index is 5.15. The summed E-state index contributed by atoms with van der Waals surface area (Å²) in [6, 6.07) is 18.3. The van der Waals surface area contributed by atoms with Gasteiger partial charge in [0.15, 0.2) is 0 Å². The molecule has 40 heavy (non-hydrogen) atoms. The van der Waals surface area contributed by atoms with Crippen molar-refractivity contribution in [2.75, 3.05) is 6.54 Å². The van der Waals surface area contributed by atoms with Gasteiger partial charge >= 0.3 is 0 Å². The average molecular weight is 522 g/mol. The zero-order valence-electron chi connectivity index (χ0n) is 24.5. The second-order valence-corrected chi connectivity index (χ2v) is 10.6. The highest BCUT2D eigenvalue weighted by molar-refractivity contribution is 6.14. The number of hydrogen-bond donors (Lipinski definition) is 0. The molecular weight excluding hydrogens is 482 g/mol. The van der Waals surface area contributed by atoms with Gasteiger partial charge in [0, 0.05) is 6.54 Å². The van der Waals surface area contributed by atoms with Gasteiger partial charge in [-0.3, -0.25) is 4.99 Å². The van der Waals surface area contributed by atoms with Crippen LogP contribution >= 0.6 is 0 Å². The lowest BCUT2D eigenvalue weighted by molar-refractivity contribution is 0.807. The maximum Gasteiger partial charge on any atom is 0.0841 e. The molecule has 1 nitrogen and oxygen atoms in total. The Kier molecular flexibility index (Phi) is 7.85. The first-order valence-electron chi connectivity index (χ1n) is 14.3. The van der Waals surface area contributed by atoms with Crippen LogP contribution in [0.3, 0.4) is 0 Å². The lowest BCUT2D eigenvalue weighted by Crippen LogP contribution is -2.37. The van der Waals surface area contributed by atoms with Crippen molar-refractivity contribution >= 4 is 28.1 Å². The minimum Gasteiger partial charge on any atom is -0.288 e. The first kappa shape index (κ1) is 27.3. The van der Waals surface area contributed by atoms with Crippen LogP contribution in [0.1, 0.15) is 56.4 Å². The Labute approximate surface area is 240 Å². The van der Waals surface area contributed by atoms with Gasteiger partial charge in [-0.1, -0.05) is 103 Å². The molecule has 1 aliphatic carbocycles. The molecular formula is C39H39N. The van der Waals surface area contributed by atoms with Crippen LogP contribution in [-0.2, 0) is 5.41 Å². The molecule has 1 heteroatoms. The van der Waals surface area contributed by atoms with Gasteiger partial charge in [0.25, 0.3) is 0 Å². The number of nitrogens with zero attached hydrogens (tertiary/aromatic N) is 1. The van der Waals surface area contributed by atoms with Crippen LogP contribution in [0.2, 0.25) is 0 Å². The fraction of sp³-hybridized carbons (Fsp3) is 0.205. The van der Waals surface area contributed by atoms with E-state index in [2.05, 4.69) is 144 Å². The molecule has 3 aromatic carbocycles. The zero-order chi connectivity index (χ0) is 28.3. The minimum atomic E-state index is -0.481. The number of fused-ring (bicyclic) bond motifs is 2. The van der Waals surface area contributed by atoms with Crippen LogP contribution in [0.4, 0.5) is 0 Å². The average Bonchev–Trinajstić information content (AvgIpc) is 3.27. The highest BCUT2D eigenvalue weighted by atomic mass is 14.8. The molecule has 0 fully saturated rings. The molecule has 1 aliphatic heterocycles. The van der Waals surface area contributed by atoms with Gasteiger partial charge < -0.3 is 0 Å². The maximum atomic E-state index is 5.15. The summed E-state index contributed by atoms with van der Waals surface area (Å²) in [7, 11) is 0. The number of dihydropyridines is 1. The predicted octanol–water partition coefficient (Wildman–Crippen LogP) is 10.5. The fourth-order valence-corrected chi connectivity index (χ4v) is 6.41. The molecule has 1 unspecified atom stereocenters. The topological polar surface area (TPSA) is 12.4 Å². The molecule has 0 aromatic heterocycles. The van der Waals surface area contributed by atoms with Gasteiger partial charge in [-0.25, -0.2) is 0 Å². The van der Waals surface area contributed by atoms with Crippen LogP contribution in [0.5, 0.6) is 0 Å². The molecule has 0 bridgehead atoms. The second kappa shape index (κ2) is 11.5. The fourth-order valence-electron chi connectivity index (χ4n) is 6.41. The summed E-state index contributed by atoms with van der Waals surface area (Å²) >= 11 is 0. The van der Waals surface area contributed by atoms with Crippen molar-refractivity contribution in [2.24, 2.45) is 4.99 Å². The Balaban J connectivity index is 1.80. The molecule has 0 N–H and O–H groups in total. The van der Waals surface area contributed by atoms with E-state index in [9.17, 15) is 0 Å². The van der Waals surface area contributed by atoms with Crippen LogP contribution < -0.4 is 0 Å². The van der Waals surface area contributed by atoms with E-state index in [0.29, 0.717) is 0 Å². The quantitative estimate of drug-likeness (QED) is 0.274. The van der Waals surface area contributed by atoms with Crippen LogP contribution in [0.15, 0.2) is 126 Å². The van der Waals surface area contributed by atoms with Crippen LogP contribution in [0, 0.1) is 6.92 Å². The third-order valence-electron chi connectivity index (χ3n) is 8.26. The first-order valence-corrected chi connectivity index (χ1v) is 14.3. The number of allylic oxidation sites excluding steroid dienone is 11. The lowest BCUT2D eigenvalue weighted by Gasteiger charge is -2.36. The molecule has 3 aromatic rings. The normalized spacial score (nSPS) is 19.4. The molecule has 0 amide bonds. The summed E-state index contributed by atoms with van der Waals surface area (Å²) < 4.78 is 0. The van der Waals surface area contributed by atoms with E-state index in [1.165, 1.54) is 60.9 Å². The highest BCUT2D eigenvalue weighted by Crippen LogP contribution is 2.54. The molecule has 5 rings (SSSR count). The molecule has 2 aliphatic rings. The van der Waals surface area contributed by atoms with E-state index >= 15 is 0 Å². The van der Waals surface area contributed by atoms with Crippen molar-refractivity contribution in [2.45, 2.75) is 46.5 Å². The van der Waals surface area contributed by atoms with E-state index in [4.69, 9.17) is 4.99 Å². The van der Waals surface area contributed by atoms with E-state index in [-0.39, 0.29) is 0 Å². The Morgan fingerprint density at radius 1 is 0.925 bits per heavy atom. The van der Waals surface area contributed by atoms with Crippen molar-refractivity contribution in [3.05, 3.63) is 143 Å². The summed E-state index contributed by atoms with van der Waals surface area (Å²) in [6.07, 6.45) is 22.7. The number of aliphatic imine (C=N–C) groups is 1. The van der Waals surface area contributed by atoms with Crippen molar-refractivity contribution in [1.82, 2.24) is 0 Å². The van der Waals surface area contributed by atoms with Gasteiger partial charge in [-0.05, 0) is 115 Å². The largest absolute Gasteiger partial charge is 0.288 e.